The lowest BCUT2D eigenvalue weighted by Gasteiger charge is -2.27. The maximum absolute atomic E-state index is 12.7. The highest BCUT2D eigenvalue weighted by atomic mass is 32.1. The molecule has 1 aromatic carbocycles. The molecule has 1 saturated heterocycles. The minimum Gasteiger partial charge on any atom is -0.377 e. The summed E-state index contributed by atoms with van der Waals surface area (Å²) in [6, 6.07) is 12.4. The van der Waals surface area contributed by atoms with Crippen LogP contribution in [0.2, 0.25) is 0 Å². The average molecular weight is 373 g/mol. The highest BCUT2D eigenvalue weighted by molar-refractivity contribution is 7.10. The predicted octanol–water partition coefficient (Wildman–Crippen LogP) is 3.76. The van der Waals surface area contributed by atoms with Crippen LogP contribution in [0.25, 0.3) is 0 Å². The first kappa shape index (κ1) is 19.1. The zero-order valence-electron chi connectivity index (χ0n) is 15.6. The monoisotopic (exact) mass is 372 g/mol. The number of ether oxygens (including phenoxy) is 1. The Bertz CT molecular complexity index is 679. The smallest absolute Gasteiger partial charge is 0.234 e. The molecule has 1 N–H and O–H groups in total. The molecule has 0 saturated carbocycles. The summed E-state index contributed by atoms with van der Waals surface area (Å²) < 4.78 is 5.78. The van der Waals surface area contributed by atoms with E-state index in [0.29, 0.717) is 6.54 Å². The summed E-state index contributed by atoms with van der Waals surface area (Å²) in [5, 5.41) is 5.26. The predicted molar refractivity (Wildman–Crippen MR) is 107 cm³/mol. The molecule has 4 nitrogen and oxygen atoms in total. The van der Waals surface area contributed by atoms with Crippen molar-refractivity contribution in [1.82, 2.24) is 10.2 Å². The molecule has 0 radical (unpaired) electrons. The summed E-state index contributed by atoms with van der Waals surface area (Å²) in [4.78, 5) is 15.9. The summed E-state index contributed by atoms with van der Waals surface area (Å²) in [5.41, 5.74) is 2.34. The van der Waals surface area contributed by atoms with E-state index in [4.69, 9.17) is 4.74 Å². The maximum Gasteiger partial charge on any atom is 0.234 e. The van der Waals surface area contributed by atoms with Crippen LogP contribution in [-0.2, 0) is 9.53 Å². The fourth-order valence-corrected chi connectivity index (χ4v) is 4.15. The number of thiophene rings is 1. The molecule has 2 aromatic rings. The van der Waals surface area contributed by atoms with Gasteiger partial charge in [-0.3, -0.25) is 9.69 Å². The minimum atomic E-state index is -0.0950. The van der Waals surface area contributed by atoms with Crippen molar-refractivity contribution >= 4 is 17.2 Å². The number of aryl methyl sites for hydroxylation is 1. The SMILES string of the molecule is Cc1ccc(C(NC(=O)CN(C)CC2CCCCO2)c2cccs2)cc1. The summed E-state index contributed by atoms with van der Waals surface area (Å²) >= 11 is 1.67. The van der Waals surface area contributed by atoms with E-state index in [1.807, 2.05) is 13.1 Å². The zero-order chi connectivity index (χ0) is 18.4. The Morgan fingerprint density at radius 1 is 1.31 bits per heavy atom. The molecule has 26 heavy (non-hydrogen) atoms. The second-order valence-electron chi connectivity index (χ2n) is 7.11. The molecule has 1 amide bonds. The molecule has 2 heterocycles. The number of hydrogen-bond donors (Lipinski definition) is 1. The summed E-state index contributed by atoms with van der Waals surface area (Å²) in [6.45, 7) is 4.11. The van der Waals surface area contributed by atoms with Crippen LogP contribution in [0.1, 0.15) is 41.3 Å². The van der Waals surface area contributed by atoms with Gasteiger partial charge in [-0.1, -0.05) is 35.9 Å². The number of nitrogens with zero attached hydrogens (tertiary/aromatic N) is 1. The fourth-order valence-electron chi connectivity index (χ4n) is 3.35. The van der Waals surface area contributed by atoms with Crippen molar-refractivity contribution in [3.05, 3.63) is 57.8 Å². The Balaban J connectivity index is 1.61. The van der Waals surface area contributed by atoms with E-state index >= 15 is 0 Å². The Morgan fingerprint density at radius 2 is 2.12 bits per heavy atom. The number of amides is 1. The molecule has 5 heteroatoms. The average Bonchev–Trinajstić information content (AvgIpc) is 3.15. The first-order valence-corrected chi connectivity index (χ1v) is 10.2. The van der Waals surface area contributed by atoms with E-state index < -0.39 is 0 Å². The molecule has 0 spiro atoms. The Kier molecular flexibility index (Phi) is 6.83. The van der Waals surface area contributed by atoms with Crippen molar-refractivity contribution < 1.29 is 9.53 Å². The molecule has 0 bridgehead atoms. The highest BCUT2D eigenvalue weighted by Crippen LogP contribution is 2.26. The molecule has 1 fully saturated rings. The van der Waals surface area contributed by atoms with E-state index in [2.05, 4.69) is 52.9 Å². The van der Waals surface area contributed by atoms with Crippen molar-refractivity contribution in [2.45, 2.75) is 38.3 Å². The van der Waals surface area contributed by atoms with Crippen molar-refractivity contribution in [1.29, 1.82) is 0 Å². The maximum atomic E-state index is 12.7. The first-order valence-electron chi connectivity index (χ1n) is 9.31. The van der Waals surface area contributed by atoms with Crippen molar-refractivity contribution in [3.63, 3.8) is 0 Å². The quantitative estimate of drug-likeness (QED) is 0.804. The van der Waals surface area contributed by atoms with Gasteiger partial charge in [-0.05, 0) is 50.2 Å². The van der Waals surface area contributed by atoms with Crippen LogP contribution in [0.15, 0.2) is 41.8 Å². The number of carbonyl (C=O) groups is 1. The van der Waals surface area contributed by atoms with E-state index in [1.54, 1.807) is 11.3 Å². The Labute approximate surface area is 160 Å². The fraction of sp³-hybridized carbons (Fsp3) is 0.476. The van der Waals surface area contributed by atoms with Gasteiger partial charge in [0.15, 0.2) is 0 Å². The Hall–Kier alpha value is -1.69. The van der Waals surface area contributed by atoms with Gasteiger partial charge >= 0.3 is 0 Å². The van der Waals surface area contributed by atoms with Crippen LogP contribution in [-0.4, -0.2) is 43.7 Å². The van der Waals surface area contributed by atoms with Crippen molar-refractivity contribution in [2.24, 2.45) is 0 Å². The molecule has 1 aromatic heterocycles. The zero-order valence-corrected chi connectivity index (χ0v) is 16.4. The molecular formula is C21H28N2O2S. The van der Waals surface area contributed by atoms with Crippen molar-refractivity contribution in [3.8, 4) is 0 Å². The van der Waals surface area contributed by atoms with Gasteiger partial charge in [-0.25, -0.2) is 0 Å². The second kappa shape index (κ2) is 9.31. The third kappa shape index (κ3) is 5.40. The van der Waals surface area contributed by atoms with Gasteiger partial charge in [0.05, 0.1) is 18.7 Å². The lowest BCUT2D eigenvalue weighted by Crippen LogP contribution is -2.41. The third-order valence-electron chi connectivity index (χ3n) is 4.75. The number of nitrogens with one attached hydrogen (secondary N) is 1. The number of likely N-dealkylation sites (N-methyl/N-ethyl adjacent to an activating group) is 1. The van der Waals surface area contributed by atoms with Gasteiger partial charge in [0.2, 0.25) is 5.91 Å². The highest BCUT2D eigenvalue weighted by Gasteiger charge is 2.21. The minimum absolute atomic E-state index is 0.0438. The summed E-state index contributed by atoms with van der Waals surface area (Å²) in [7, 11) is 1.99. The van der Waals surface area contributed by atoms with Crippen LogP contribution in [0.4, 0.5) is 0 Å². The number of benzene rings is 1. The van der Waals surface area contributed by atoms with Gasteiger partial charge in [0.25, 0.3) is 0 Å². The van der Waals surface area contributed by atoms with Crippen molar-refractivity contribution in [2.75, 3.05) is 26.7 Å². The standard InChI is InChI=1S/C21H28N2O2S/c1-16-8-10-17(11-9-16)21(19-7-5-13-26-19)22-20(24)15-23(2)14-18-6-3-4-12-25-18/h5,7-11,13,18,21H,3-4,6,12,14-15H2,1-2H3,(H,22,24). The third-order valence-corrected chi connectivity index (χ3v) is 5.68. The molecule has 3 rings (SSSR count). The normalized spacial score (nSPS) is 18.7. The van der Waals surface area contributed by atoms with E-state index in [0.717, 1.165) is 36.4 Å². The summed E-state index contributed by atoms with van der Waals surface area (Å²) in [6.07, 6.45) is 3.72. The number of rotatable bonds is 7. The topological polar surface area (TPSA) is 41.6 Å². The molecule has 2 atom stereocenters. The molecule has 140 valence electrons. The second-order valence-corrected chi connectivity index (χ2v) is 8.09. The van der Waals surface area contributed by atoms with Crippen LogP contribution in [0, 0.1) is 6.92 Å². The number of hydrogen-bond acceptors (Lipinski definition) is 4. The van der Waals surface area contributed by atoms with Gasteiger partial charge in [0, 0.05) is 18.0 Å². The van der Waals surface area contributed by atoms with Crippen LogP contribution in [0.3, 0.4) is 0 Å². The van der Waals surface area contributed by atoms with Gasteiger partial charge in [-0.15, -0.1) is 11.3 Å². The largest absolute Gasteiger partial charge is 0.377 e. The number of carbonyl (C=O) groups excluding carboxylic acids is 1. The lowest BCUT2D eigenvalue weighted by atomic mass is 10.0. The van der Waals surface area contributed by atoms with E-state index in [9.17, 15) is 4.79 Å². The molecule has 1 aliphatic heterocycles. The van der Waals surface area contributed by atoms with Crippen LogP contribution < -0.4 is 5.32 Å². The molecular weight excluding hydrogens is 344 g/mol. The lowest BCUT2D eigenvalue weighted by molar-refractivity contribution is -0.123. The molecule has 0 aliphatic carbocycles. The van der Waals surface area contributed by atoms with Gasteiger partial charge < -0.3 is 10.1 Å². The Morgan fingerprint density at radius 3 is 2.77 bits per heavy atom. The van der Waals surface area contributed by atoms with Gasteiger partial charge in [-0.2, -0.15) is 0 Å². The van der Waals surface area contributed by atoms with Gasteiger partial charge in [0.1, 0.15) is 0 Å². The first-order chi connectivity index (χ1) is 12.6. The summed E-state index contributed by atoms with van der Waals surface area (Å²) in [5.74, 6) is 0.0438. The van der Waals surface area contributed by atoms with E-state index in [1.165, 1.54) is 12.0 Å². The van der Waals surface area contributed by atoms with E-state index in [-0.39, 0.29) is 18.1 Å². The van der Waals surface area contributed by atoms with Crippen LogP contribution in [0.5, 0.6) is 0 Å². The van der Waals surface area contributed by atoms with Crippen LogP contribution >= 0.6 is 11.3 Å². The molecule has 1 aliphatic rings. The molecule has 2 unspecified atom stereocenters.